The molecule has 1 aromatic carbocycles. The zero-order chi connectivity index (χ0) is 18.2. The second-order valence-electron chi connectivity index (χ2n) is 6.19. The fourth-order valence-electron chi connectivity index (χ4n) is 2.71. The Bertz CT molecular complexity index is 670. The number of hydrogen-bond acceptors (Lipinski definition) is 4. The lowest BCUT2D eigenvalue weighted by atomic mass is 9.86. The number of thiophene rings is 1. The van der Waals surface area contributed by atoms with Gasteiger partial charge in [0.05, 0.1) is 12.0 Å². The molecule has 0 bridgehead atoms. The van der Waals surface area contributed by atoms with E-state index in [4.69, 9.17) is 4.74 Å². The summed E-state index contributed by atoms with van der Waals surface area (Å²) in [4.78, 5) is 25.7. The van der Waals surface area contributed by atoms with E-state index >= 15 is 0 Å². The fourth-order valence-corrected chi connectivity index (χ4v) is 3.45. The van der Waals surface area contributed by atoms with Crippen LogP contribution in [-0.2, 0) is 14.3 Å². The summed E-state index contributed by atoms with van der Waals surface area (Å²) in [6.45, 7) is 5.73. The highest BCUT2D eigenvalue weighted by Crippen LogP contribution is 2.28. The minimum Gasteiger partial charge on any atom is -0.455 e. The van der Waals surface area contributed by atoms with Crippen molar-refractivity contribution in [2.24, 2.45) is 5.92 Å². The molecule has 134 valence electrons. The average Bonchev–Trinajstić information content (AvgIpc) is 3.15. The third kappa shape index (κ3) is 5.43. The van der Waals surface area contributed by atoms with Gasteiger partial charge in [-0.2, -0.15) is 0 Å². The van der Waals surface area contributed by atoms with Crippen molar-refractivity contribution in [2.75, 3.05) is 6.61 Å². The van der Waals surface area contributed by atoms with Crippen molar-refractivity contribution < 1.29 is 14.3 Å². The van der Waals surface area contributed by atoms with Gasteiger partial charge in [-0.25, -0.2) is 0 Å². The van der Waals surface area contributed by atoms with Crippen molar-refractivity contribution in [3.05, 3.63) is 58.3 Å². The summed E-state index contributed by atoms with van der Waals surface area (Å²) in [5.74, 6) is -0.846. The van der Waals surface area contributed by atoms with Crippen LogP contribution in [0, 0.1) is 5.92 Å². The molecular weight excluding hydrogens is 334 g/mol. The van der Waals surface area contributed by atoms with Gasteiger partial charge >= 0.3 is 5.97 Å². The van der Waals surface area contributed by atoms with Gasteiger partial charge in [0, 0.05) is 4.88 Å². The molecule has 0 saturated carbocycles. The van der Waals surface area contributed by atoms with Gasteiger partial charge in [-0.05, 0) is 29.9 Å². The lowest BCUT2D eigenvalue weighted by Gasteiger charge is -2.22. The molecule has 3 unspecified atom stereocenters. The molecule has 1 amide bonds. The molecule has 5 heteroatoms. The highest BCUT2D eigenvalue weighted by Gasteiger charge is 2.27. The van der Waals surface area contributed by atoms with Crippen LogP contribution in [-0.4, -0.2) is 18.5 Å². The van der Waals surface area contributed by atoms with E-state index in [2.05, 4.69) is 5.32 Å². The molecule has 3 atom stereocenters. The number of esters is 1. The number of benzene rings is 1. The first-order chi connectivity index (χ1) is 12.0. The van der Waals surface area contributed by atoms with Gasteiger partial charge in [-0.15, -0.1) is 11.3 Å². The van der Waals surface area contributed by atoms with Gasteiger partial charge in [0.15, 0.2) is 6.61 Å². The first-order valence-corrected chi connectivity index (χ1v) is 9.45. The largest absolute Gasteiger partial charge is 0.455 e. The quantitative estimate of drug-likeness (QED) is 0.715. The molecule has 0 fully saturated rings. The van der Waals surface area contributed by atoms with Crippen LogP contribution in [0.4, 0.5) is 0 Å². The number of nitrogens with one attached hydrogen (secondary N) is 1. The summed E-state index contributed by atoms with van der Waals surface area (Å²) in [6, 6.07) is 13.4. The van der Waals surface area contributed by atoms with Crippen molar-refractivity contribution in [1.82, 2.24) is 5.32 Å². The first kappa shape index (κ1) is 19.2. The van der Waals surface area contributed by atoms with Crippen LogP contribution in [0.3, 0.4) is 0 Å². The van der Waals surface area contributed by atoms with E-state index in [0.29, 0.717) is 0 Å². The molecule has 1 aromatic heterocycles. The Hall–Kier alpha value is -2.14. The monoisotopic (exact) mass is 359 g/mol. The predicted octanol–water partition coefficient (Wildman–Crippen LogP) is 4.30. The molecule has 0 aliphatic carbocycles. The average molecular weight is 359 g/mol. The highest BCUT2D eigenvalue weighted by atomic mass is 32.1. The number of carbonyl (C=O) groups is 2. The number of ether oxygens (including phenoxy) is 1. The Kier molecular flexibility index (Phi) is 7.19. The normalized spacial score (nSPS) is 14.4. The zero-order valence-corrected chi connectivity index (χ0v) is 15.7. The number of amides is 1. The van der Waals surface area contributed by atoms with Crippen LogP contribution in [0.2, 0.25) is 0 Å². The summed E-state index contributed by atoms with van der Waals surface area (Å²) in [7, 11) is 0. The SMILES string of the molecule is CCC(C)C(C(=O)OCC(=O)NC(C)c1cccs1)c1ccccc1. The number of rotatable bonds is 8. The minimum absolute atomic E-state index is 0.0920. The van der Waals surface area contributed by atoms with E-state index in [9.17, 15) is 9.59 Å². The molecule has 2 aromatic rings. The van der Waals surface area contributed by atoms with Crippen molar-refractivity contribution in [3.63, 3.8) is 0 Å². The van der Waals surface area contributed by atoms with Crippen molar-refractivity contribution >= 4 is 23.2 Å². The molecule has 2 rings (SSSR count). The van der Waals surface area contributed by atoms with Crippen molar-refractivity contribution in [1.29, 1.82) is 0 Å². The minimum atomic E-state index is -0.353. The molecule has 0 radical (unpaired) electrons. The van der Waals surface area contributed by atoms with Crippen LogP contribution in [0.5, 0.6) is 0 Å². The topological polar surface area (TPSA) is 55.4 Å². The van der Waals surface area contributed by atoms with Crippen molar-refractivity contribution in [3.8, 4) is 0 Å². The zero-order valence-electron chi connectivity index (χ0n) is 14.9. The third-order valence-corrected chi connectivity index (χ3v) is 5.37. The van der Waals surface area contributed by atoms with E-state index in [0.717, 1.165) is 16.9 Å². The molecule has 0 aliphatic heterocycles. The molecule has 4 nitrogen and oxygen atoms in total. The van der Waals surface area contributed by atoms with Crippen LogP contribution >= 0.6 is 11.3 Å². The maximum absolute atomic E-state index is 12.6. The van der Waals surface area contributed by atoms with Gasteiger partial charge in [0.25, 0.3) is 5.91 Å². The molecule has 0 aliphatic rings. The van der Waals surface area contributed by atoms with E-state index < -0.39 is 0 Å². The smallest absolute Gasteiger partial charge is 0.314 e. The summed E-state index contributed by atoms with van der Waals surface area (Å²) >= 11 is 1.58. The van der Waals surface area contributed by atoms with E-state index in [1.807, 2.05) is 68.6 Å². The maximum Gasteiger partial charge on any atom is 0.314 e. The Labute approximate surface area is 153 Å². The number of carbonyl (C=O) groups excluding carboxylic acids is 2. The van der Waals surface area contributed by atoms with Gasteiger partial charge in [0.1, 0.15) is 0 Å². The summed E-state index contributed by atoms with van der Waals surface area (Å²) in [6.07, 6.45) is 0.857. The Morgan fingerprint density at radius 3 is 2.44 bits per heavy atom. The maximum atomic E-state index is 12.6. The standard InChI is InChI=1S/C20H25NO3S/c1-4-14(2)19(16-9-6-5-7-10-16)20(23)24-13-18(22)21-15(3)17-11-8-12-25-17/h5-12,14-15,19H,4,13H2,1-3H3,(H,21,22). The number of hydrogen-bond donors (Lipinski definition) is 1. The van der Waals surface area contributed by atoms with Crippen LogP contribution in [0.25, 0.3) is 0 Å². The molecular formula is C20H25NO3S. The molecule has 0 spiro atoms. The molecule has 25 heavy (non-hydrogen) atoms. The Morgan fingerprint density at radius 1 is 1.12 bits per heavy atom. The summed E-state index contributed by atoms with van der Waals surface area (Å²) in [5.41, 5.74) is 0.925. The lowest BCUT2D eigenvalue weighted by Crippen LogP contribution is -2.32. The second kappa shape index (κ2) is 9.37. The fraction of sp³-hybridized carbons (Fsp3) is 0.400. The molecule has 1 N–H and O–H groups in total. The van der Waals surface area contributed by atoms with Crippen LogP contribution in [0.1, 0.15) is 49.6 Å². The second-order valence-corrected chi connectivity index (χ2v) is 7.17. The molecule has 1 heterocycles. The Morgan fingerprint density at radius 2 is 1.84 bits per heavy atom. The van der Waals surface area contributed by atoms with Crippen molar-refractivity contribution in [2.45, 2.75) is 39.2 Å². The Balaban J connectivity index is 1.93. The van der Waals surface area contributed by atoms with Gasteiger partial charge in [-0.3, -0.25) is 9.59 Å². The van der Waals surface area contributed by atoms with Gasteiger partial charge < -0.3 is 10.1 Å². The first-order valence-electron chi connectivity index (χ1n) is 8.57. The van der Waals surface area contributed by atoms with Crippen LogP contribution < -0.4 is 5.32 Å². The molecule has 0 saturated heterocycles. The summed E-state index contributed by atoms with van der Waals surface area (Å²) in [5, 5.41) is 4.82. The predicted molar refractivity (Wildman–Crippen MR) is 100 cm³/mol. The third-order valence-electron chi connectivity index (χ3n) is 4.32. The van der Waals surface area contributed by atoms with E-state index in [1.54, 1.807) is 11.3 Å². The van der Waals surface area contributed by atoms with Gasteiger partial charge in [0.2, 0.25) is 0 Å². The lowest BCUT2D eigenvalue weighted by molar-refractivity contribution is -0.151. The van der Waals surface area contributed by atoms with Crippen LogP contribution in [0.15, 0.2) is 47.8 Å². The van der Waals surface area contributed by atoms with Gasteiger partial charge in [-0.1, -0.05) is 56.7 Å². The summed E-state index contributed by atoms with van der Waals surface area (Å²) < 4.78 is 5.31. The van der Waals surface area contributed by atoms with E-state index in [1.165, 1.54) is 0 Å². The van der Waals surface area contributed by atoms with E-state index in [-0.39, 0.29) is 36.4 Å². The highest BCUT2D eigenvalue weighted by molar-refractivity contribution is 7.10.